The van der Waals surface area contributed by atoms with E-state index >= 15 is 0 Å². The third kappa shape index (κ3) is 6.10. The maximum atomic E-state index is 13.0. The third-order valence-electron chi connectivity index (χ3n) is 6.95. The number of carbonyl (C=O) groups is 1. The van der Waals surface area contributed by atoms with Crippen LogP contribution in [0.2, 0.25) is 0 Å². The van der Waals surface area contributed by atoms with Crippen molar-refractivity contribution in [2.24, 2.45) is 0 Å². The summed E-state index contributed by atoms with van der Waals surface area (Å²) in [4.78, 5) is 31.6. The highest BCUT2D eigenvalue weighted by molar-refractivity contribution is 5.79. The number of unbranched alkanes of at least 4 members (excludes halogenated alkanes) is 1. The predicted molar refractivity (Wildman–Crippen MR) is 145 cm³/mol. The summed E-state index contributed by atoms with van der Waals surface area (Å²) in [5.41, 5.74) is 3.42. The highest BCUT2D eigenvalue weighted by Gasteiger charge is 2.37. The minimum Gasteiger partial charge on any atom is -0.408 e. The number of nitrogens with one attached hydrogen (secondary N) is 1. The summed E-state index contributed by atoms with van der Waals surface area (Å²) in [6.45, 7) is 8.30. The molecule has 36 heavy (non-hydrogen) atoms. The van der Waals surface area contributed by atoms with Crippen LogP contribution in [0.3, 0.4) is 0 Å². The van der Waals surface area contributed by atoms with Gasteiger partial charge in [-0.2, -0.15) is 0 Å². The lowest BCUT2D eigenvalue weighted by Gasteiger charge is -2.47. The Morgan fingerprint density at radius 1 is 1.08 bits per heavy atom. The van der Waals surface area contributed by atoms with Gasteiger partial charge in [0.2, 0.25) is 0 Å². The molecule has 2 aromatic carbocycles. The molecule has 3 aromatic rings. The average molecular weight is 494 g/mol. The van der Waals surface area contributed by atoms with Crippen molar-refractivity contribution in [2.75, 3.05) is 51.7 Å². The molecule has 1 fully saturated rings. The van der Waals surface area contributed by atoms with Gasteiger partial charge >= 0.3 is 11.8 Å². The van der Waals surface area contributed by atoms with E-state index in [0.717, 1.165) is 43.6 Å². The van der Waals surface area contributed by atoms with E-state index in [0.29, 0.717) is 31.8 Å². The summed E-state index contributed by atoms with van der Waals surface area (Å²) in [6.07, 6.45) is 3.04. The molecule has 1 aromatic heterocycles. The van der Waals surface area contributed by atoms with Crippen molar-refractivity contribution in [3.63, 3.8) is 0 Å². The van der Waals surface area contributed by atoms with Crippen molar-refractivity contribution < 1.29 is 9.21 Å². The standard InChI is InChI=1S/C28H39N5O3/c1-28(2)21-31(23-13-14-24-25(20-23)36-27(35)32(24)18-16-30(3)4)17-19-33(28)26(34)29-15-9-8-12-22-10-6-5-7-11-22/h5-7,10-11,13-14,20H,8-9,12,15-19,21H2,1-4H3,(H,29,34). The number of urea groups is 1. The third-order valence-corrected chi connectivity index (χ3v) is 6.95. The summed E-state index contributed by atoms with van der Waals surface area (Å²) in [6, 6.07) is 16.4. The van der Waals surface area contributed by atoms with Crippen LogP contribution in [0, 0.1) is 0 Å². The van der Waals surface area contributed by atoms with Gasteiger partial charge in [-0.05, 0) is 64.9 Å². The van der Waals surface area contributed by atoms with Crippen LogP contribution in [0.1, 0.15) is 32.3 Å². The Labute approximate surface area is 213 Å². The van der Waals surface area contributed by atoms with Gasteiger partial charge < -0.3 is 24.4 Å². The Morgan fingerprint density at radius 2 is 1.86 bits per heavy atom. The first-order chi connectivity index (χ1) is 17.2. The van der Waals surface area contributed by atoms with E-state index in [1.165, 1.54) is 5.56 Å². The number of likely N-dealkylation sites (N-methyl/N-ethyl adjacent to an activating group) is 1. The summed E-state index contributed by atoms with van der Waals surface area (Å²) in [5.74, 6) is -0.324. The molecule has 0 atom stereocenters. The van der Waals surface area contributed by atoms with E-state index in [2.05, 4.69) is 48.3 Å². The lowest BCUT2D eigenvalue weighted by atomic mass is 9.98. The summed E-state index contributed by atoms with van der Waals surface area (Å²) in [7, 11) is 3.97. The molecule has 0 radical (unpaired) electrons. The maximum absolute atomic E-state index is 13.0. The van der Waals surface area contributed by atoms with E-state index in [-0.39, 0.29) is 17.3 Å². The average Bonchev–Trinajstić information content (AvgIpc) is 3.16. The van der Waals surface area contributed by atoms with Gasteiger partial charge in [-0.25, -0.2) is 9.59 Å². The number of oxazole rings is 1. The van der Waals surface area contributed by atoms with Crippen molar-refractivity contribution in [1.82, 2.24) is 19.7 Å². The van der Waals surface area contributed by atoms with Gasteiger partial charge in [-0.3, -0.25) is 4.57 Å². The first kappa shape index (κ1) is 25.8. The van der Waals surface area contributed by atoms with Gasteiger partial charge in [-0.1, -0.05) is 30.3 Å². The van der Waals surface area contributed by atoms with Crippen molar-refractivity contribution in [3.05, 3.63) is 64.6 Å². The SMILES string of the molecule is CN(C)CCn1c(=O)oc2cc(N3CCN(C(=O)NCCCCc4ccccc4)C(C)(C)C3)ccc21. The van der Waals surface area contributed by atoms with Crippen LogP contribution in [-0.4, -0.2) is 72.8 Å². The summed E-state index contributed by atoms with van der Waals surface area (Å²) < 4.78 is 7.24. The molecule has 0 bridgehead atoms. The Kier molecular flexibility index (Phi) is 8.04. The maximum Gasteiger partial charge on any atom is 0.419 e. The molecule has 8 heteroatoms. The van der Waals surface area contributed by atoms with Crippen LogP contribution in [0.15, 0.2) is 57.7 Å². The van der Waals surface area contributed by atoms with Gasteiger partial charge in [0, 0.05) is 51.0 Å². The van der Waals surface area contributed by atoms with Crippen LogP contribution in [0.4, 0.5) is 10.5 Å². The fourth-order valence-corrected chi connectivity index (χ4v) is 4.90. The van der Waals surface area contributed by atoms with Crippen molar-refractivity contribution in [3.8, 4) is 0 Å². The van der Waals surface area contributed by atoms with Crippen molar-refractivity contribution in [1.29, 1.82) is 0 Å². The minimum absolute atomic E-state index is 0.00113. The zero-order valence-corrected chi connectivity index (χ0v) is 22.0. The van der Waals surface area contributed by atoms with E-state index < -0.39 is 0 Å². The van der Waals surface area contributed by atoms with E-state index in [4.69, 9.17) is 4.42 Å². The molecular formula is C28H39N5O3. The first-order valence-corrected chi connectivity index (χ1v) is 12.9. The second kappa shape index (κ2) is 11.2. The van der Waals surface area contributed by atoms with Gasteiger partial charge in [-0.15, -0.1) is 0 Å². The summed E-state index contributed by atoms with van der Waals surface area (Å²) >= 11 is 0. The van der Waals surface area contributed by atoms with Gasteiger partial charge in [0.05, 0.1) is 11.1 Å². The summed E-state index contributed by atoms with van der Waals surface area (Å²) in [5, 5.41) is 3.11. The molecule has 1 N–H and O–H groups in total. The monoisotopic (exact) mass is 493 g/mol. The zero-order valence-electron chi connectivity index (χ0n) is 22.0. The number of hydrogen-bond acceptors (Lipinski definition) is 5. The number of hydrogen-bond donors (Lipinski definition) is 1. The van der Waals surface area contributed by atoms with Crippen molar-refractivity contribution in [2.45, 2.75) is 45.2 Å². The van der Waals surface area contributed by atoms with Gasteiger partial charge in [0.25, 0.3) is 0 Å². The highest BCUT2D eigenvalue weighted by Crippen LogP contribution is 2.28. The molecule has 2 heterocycles. The smallest absolute Gasteiger partial charge is 0.408 e. The van der Waals surface area contributed by atoms with Gasteiger partial charge in [0.1, 0.15) is 0 Å². The fraction of sp³-hybridized carbons (Fsp3) is 0.500. The first-order valence-electron chi connectivity index (χ1n) is 12.9. The van der Waals surface area contributed by atoms with Crippen LogP contribution in [0.5, 0.6) is 0 Å². The molecule has 0 saturated carbocycles. The fourth-order valence-electron chi connectivity index (χ4n) is 4.90. The Hall–Kier alpha value is -3.26. The second-order valence-corrected chi connectivity index (χ2v) is 10.5. The second-order valence-electron chi connectivity index (χ2n) is 10.5. The molecule has 0 aliphatic carbocycles. The highest BCUT2D eigenvalue weighted by atomic mass is 16.4. The van der Waals surface area contributed by atoms with E-state index in [1.54, 1.807) is 4.57 Å². The molecule has 0 unspecified atom stereocenters. The lowest BCUT2D eigenvalue weighted by Crippen LogP contribution is -2.63. The number of piperazine rings is 1. The van der Waals surface area contributed by atoms with Crippen molar-refractivity contribution >= 4 is 22.8 Å². The molecule has 1 aliphatic rings. The normalized spacial score (nSPS) is 15.6. The topological polar surface area (TPSA) is 74.0 Å². The number of nitrogens with zero attached hydrogens (tertiary/aromatic N) is 4. The van der Waals surface area contributed by atoms with E-state index in [9.17, 15) is 9.59 Å². The molecule has 0 spiro atoms. The van der Waals surface area contributed by atoms with Crippen LogP contribution in [0.25, 0.3) is 11.1 Å². The number of fused-ring (bicyclic) bond motifs is 1. The molecule has 194 valence electrons. The predicted octanol–water partition coefficient (Wildman–Crippen LogP) is 3.79. The van der Waals surface area contributed by atoms with E-state index in [1.807, 2.05) is 48.2 Å². The molecule has 8 nitrogen and oxygen atoms in total. The molecule has 1 aliphatic heterocycles. The number of amides is 2. The Morgan fingerprint density at radius 3 is 2.58 bits per heavy atom. The van der Waals surface area contributed by atoms with Crippen LogP contribution >= 0.6 is 0 Å². The molecular weight excluding hydrogens is 454 g/mol. The molecule has 2 amide bonds. The Balaban J connectivity index is 1.32. The lowest BCUT2D eigenvalue weighted by molar-refractivity contribution is 0.124. The van der Waals surface area contributed by atoms with Crippen LogP contribution < -0.4 is 16.0 Å². The largest absolute Gasteiger partial charge is 0.419 e. The number of rotatable bonds is 9. The number of carbonyl (C=O) groups excluding carboxylic acids is 1. The number of benzene rings is 2. The number of aryl methyl sites for hydroxylation is 1. The molecule has 4 rings (SSSR count). The Bertz CT molecular complexity index is 1210. The molecule has 1 saturated heterocycles. The number of anilines is 1. The van der Waals surface area contributed by atoms with Gasteiger partial charge in [0.15, 0.2) is 5.58 Å². The minimum atomic E-state index is -0.334. The van der Waals surface area contributed by atoms with Crippen LogP contribution in [-0.2, 0) is 13.0 Å². The number of aromatic nitrogens is 1. The quantitative estimate of drug-likeness (QED) is 0.459. The zero-order chi connectivity index (χ0) is 25.7.